The molecule has 1 aromatic heterocycles. The van der Waals surface area contributed by atoms with E-state index >= 15 is 0 Å². The highest BCUT2D eigenvalue weighted by Crippen LogP contribution is 2.13. The van der Waals surface area contributed by atoms with Crippen molar-refractivity contribution < 1.29 is 4.42 Å². The Kier molecular flexibility index (Phi) is 1.63. The molecule has 1 heterocycles. The van der Waals surface area contributed by atoms with E-state index in [4.69, 9.17) is 4.42 Å². The summed E-state index contributed by atoms with van der Waals surface area (Å²) in [4.78, 5) is 0. The second-order valence-corrected chi connectivity index (χ2v) is 2.80. The van der Waals surface area contributed by atoms with Gasteiger partial charge in [0.05, 0.1) is 0 Å². The summed E-state index contributed by atoms with van der Waals surface area (Å²) in [6.07, 6.45) is 0. The Morgan fingerprint density at radius 2 is 1.67 bits per heavy atom. The molecule has 0 fully saturated rings. The summed E-state index contributed by atoms with van der Waals surface area (Å²) in [5.74, 6) is 1.03. The highest BCUT2D eigenvalue weighted by Gasteiger charge is 2.04. The van der Waals surface area contributed by atoms with Gasteiger partial charge >= 0.3 is 0 Å². The van der Waals surface area contributed by atoms with Crippen LogP contribution in [0.2, 0.25) is 0 Å². The average Bonchev–Trinajstić information content (AvgIpc) is 1.98. The Hall–Kier alpha value is -0.290. The van der Waals surface area contributed by atoms with Crippen molar-refractivity contribution in [1.29, 1.82) is 0 Å². The first-order chi connectivity index (χ1) is 4.13. The number of rotatable bonds is 0. The first kappa shape index (κ1) is 6.82. The third kappa shape index (κ3) is 1.02. The molecule has 0 aliphatic heterocycles. The summed E-state index contributed by atoms with van der Waals surface area (Å²) < 4.78 is 5.31. The van der Waals surface area contributed by atoms with Crippen LogP contribution in [-0.2, 0) is 0 Å². The molecule has 0 bridgehead atoms. The van der Waals surface area contributed by atoms with Crippen LogP contribution < -0.4 is 5.50 Å². The van der Waals surface area contributed by atoms with Crippen molar-refractivity contribution in [3.63, 3.8) is 0 Å². The summed E-state index contributed by atoms with van der Waals surface area (Å²) in [6.45, 7) is 6.12. The van der Waals surface area contributed by atoms with Gasteiger partial charge in [0, 0.05) is 0 Å². The summed E-state index contributed by atoms with van der Waals surface area (Å²) in [5.41, 5.74) is 3.47. The SMILES string of the molecule is Cc1oc(P)c(C)c1C. The molecule has 1 unspecified atom stereocenters. The van der Waals surface area contributed by atoms with E-state index in [1.807, 2.05) is 6.92 Å². The maximum atomic E-state index is 5.31. The van der Waals surface area contributed by atoms with Gasteiger partial charge in [0.2, 0.25) is 0 Å². The molecule has 1 aromatic rings. The number of hydrogen-bond donors (Lipinski definition) is 0. The molecule has 0 N–H and O–H groups in total. The van der Waals surface area contributed by atoms with Crippen LogP contribution in [-0.4, -0.2) is 0 Å². The highest BCUT2D eigenvalue weighted by atomic mass is 31.0. The molecule has 0 aromatic carbocycles. The van der Waals surface area contributed by atoms with Gasteiger partial charge in [0.1, 0.15) is 11.3 Å². The zero-order valence-electron chi connectivity index (χ0n) is 5.99. The van der Waals surface area contributed by atoms with Crippen LogP contribution in [0.5, 0.6) is 0 Å². The van der Waals surface area contributed by atoms with Crippen LogP contribution >= 0.6 is 9.24 Å². The molecule has 9 heavy (non-hydrogen) atoms. The maximum absolute atomic E-state index is 5.31. The fraction of sp³-hybridized carbons (Fsp3) is 0.429. The van der Waals surface area contributed by atoms with E-state index in [0.29, 0.717) is 0 Å². The molecule has 0 saturated carbocycles. The van der Waals surface area contributed by atoms with Crippen LogP contribution in [0.4, 0.5) is 0 Å². The first-order valence-corrected chi connectivity index (χ1v) is 3.52. The van der Waals surface area contributed by atoms with Gasteiger partial charge in [0.25, 0.3) is 0 Å². The van der Waals surface area contributed by atoms with E-state index in [-0.39, 0.29) is 0 Å². The average molecular weight is 142 g/mol. The van der Waals surface area contributed by atoms with E-state index in [0.717, 1.165) is 11.3 Å². The second kappa shape index (κ2) is 2.15. The fourth-order valence-electron chi connectivity index (χ4n) is 0.767. The maximum Gasteiger partial charge on any atom is 0.122 e. The lowest BCUT2D eigenvalue weighted by atomic mass is 10.2. The molecule has 0 aliphatic rings. The van der Waals surface area contributed by atoms with Crippen LogP contribution in [0.3, 0.4) is 0 Å². The molecule has 50 valence electrons. The summed E-state index contributed by atoms with van der Waals surface area (Å²) >= 11 is 0. The quantitative estimate of drug-likeness (QED) is 0.502. The molecule has 0 spiro atoms. The van der Waals surface area contributed by atoms with Crippen molar-refractivity contribution in [2.24, 2.45) is 0 Å². The normalized spacial score (nSPS) is 10.2. The van der Waals surface area contributed by atoms with Gasteiger partial charge < -0.3 is 4.42 Å². The van der Waals surface area contributed by atoms with Crippen LogP contribution in [0.15, 0.2) is 4.42 Å². The van der Waals surface area contributed by atoms with Crippen molar-refractivity contribution in [3.05, 3.63) is 16.9 Å². The Morgan fingerprint density at radius 1 is 1.11 bits per heavy atom. The number of furan rings is 1. The highest BCUT2D eigenvalue weighted by molar-refractivity contribution is 7.26. The third-order valence-corrected chi connectivity index (χ3v) is 2.27. The van der Waals surface area contributed by atoms with Crippen LogP contribution in [0.1, 0.15) is 16.9 Å². The molecule has 1 rings (SSSR count). The van der Waals surface area contributed by atoms with E-state index in [1.54, 1.807) is 0 Å². The Bertz CT molecular complexity index is 203. The number of aryl methyl sites for hydroxylation is 1. The zero-order chi connectivity index (χ0) is 7.02. The van der Waals surface area contributed by atoms with Gasteiger partial charge in [-0.05, 0) is 31.9 Å². The smallest absolute Gasteiger partial charge is 0.122 e. The molecule has 1 atom stereocenters. The van der Waals surface area contributed by atoms with E-state index < -0.39 is 0 Å². The number of hydrogen-bond acceptors (Lipinski definition) is 1. The zero-order valence-corrected chi connectivity index (χ0v) is 7.14. The van der Waals surface area contributed by atoms with Crippen molar-refractivity contribution in [1.82, 2.24) is 0 Å². The Morgan fingerprint density at radius 3 is 1.78 bits per heavy atom. The Labute approximate surface area is 57.7 Å². The lowest BCUT2D eigenvalue weighted by Crippen LogP contribution is -1.87. The Balaban J connectivity index is 3.29. The van der Waals surface area contributed by atoms with E-state index in [1.165, 1.54) is 11.1 Å². The van der Waals surface area contributed by atoms with E-state index in [9.17, 15) is 0 Å². The predicted octanol–water partition coefficient (Wildman–Crippen LogP) is 1.71. The summed E-state index contributed by atoms with van der Waals surface area (Å²) in [5, 5.41) is 0. The summed E-state index contributed by atoms with van der Waals surface area (Å²) in [7, 11) is 2.58. The largest absolute Gasteiger partial charge is 0.462 e. The minimum absolute atomic E-state index is 0.963. The topological polar surface area (TPSA) is 13.1 Å². The lowest BCUT2D eigenvalue weighted by molar-refractivity contribution is 0.564. The van der Waals surface area contributed by atoms with Gasteiger partial charge in [-0.2, -0.15) is 0 Å². The van der Waals surface area contributed by atoms with Crippen LogP contribution in [0.25, 0.3) is 0 Å². The van der Waals surface area contributed by atoms with E-state index in [2.05, 4.69) is 23.1 Å². The molecule has 0 amide bonds. The lowest BCUT2D eigenvalue weighted by Gasteiger charge is -1.85. The van der Waals surface area contributed by atoms with Gasteiger partial charge in [-0.25, -0.2) is 0 Å². The molecule has 0 saturated heterocycles. The minimum Gasteiger partial charge on any atom is -0.462 e. The van der Waals surface area contributed by atoms with Crippen LogP contribution in [0, 0.1) is 20.8 Å². The second-order valence-electron chi connectivity index (χ2n) is 2.27. The molecular weight excluding hydrogens is 131 g/mol. The molecule has 2 heteroatoms. The molecule has 0 aliphatic carbocycles. The molecule has 0 radical (unpaired) electrons. The van der Waals surface area contributed by atoms with Gasteiger partial charge in [-0.1, -0.05) is 9.24 Å². The van der Waals surface area contributed by atoms with Gasteiger partial charge in [-0.15, -0.1) is 0 Å². The monoisotopic (exact) mass is 142 g/mol. The first-order valence-electron chi connectivity index (χ1n) is 2.95. The molecular formula is C7H11OP. The predicted molar refractivity (Wildman–Crippen MR) is 42.3 cm³/mol. The van der Waals surface area contributed by atoms with Gasteiger partial charge in [-0.3, -0.25) is 0 Å². The van der Waals surface area contributed by atoms with Crippen molar-refractivity contribution >= 4 is 14.7 Å². The van der Waals surface area contributed by atoms with Gasteiger partial charge in [0.15, 0.2) is 0 Å². The summed E-state index contributed by atoms with van der Waals surface area (Å²) in [6, 6.07) is 0. The fourth-order valence-corrected chi connectivity index (χ4v) is 1.16. The van der Waals surface area contributed by atoms with Crippen molar-refractivity contribution in [3.8, 4) is 0 Å². The third-order valence-electron chi connectivity index (χ3n) is 1.72. The van der Waals surface area contributed by atoms with Crippen molar-refractivity contribution in [2.75, 3.05) is 0 Å². The van der Waals surface area contributed by atoms with Crippen molar-refractivity contribution in [2.45, 2.75) is 20.8 Å². The standard InChI is InChI=1S/C7H11OP/c1-4-5(2)7(9)8-6(4)3/h9H2,1-3H3. The molecule has 1 nitrogen and oxygen atoms in total. The minimum atomic E-state index is 0.963.